The number of benzene rings is 2. The number of aromatic nitrogens is 1. The Bertz CT molecular complexity index is 1290. The van der Waals surface area contributed by atoms with Crippen LogP contribution in [0.4, 0.5) is 0 Å². The van der Waals surface area contributed by atoms with Gasteiger partial charge in [-0.1, -0.05) is 43.7 Å². The molecule has 0 radical (unpaired) electrons. The second-order valence-corrected chi connectivity index (χ2v) is 9.45. The molecule has 8 nitrogen and oxygen atoms in total. The number of rotatable bonds is 8. The number of fused-ring (bicyclic) bond motifs is 1. The lowest BCUT2D eigenvalue weighted by Gasteiger charge is -2.20. The maximum Gasteiger partial charge on any atom is 0.331 e. The van der Waals surface area contributed by atoms with Crippen molar-refractivity contribution in [2.75, 3.05) is 20.8 Å². The lowest BCUT2D eigenvalue weighted by atomic mass is 10.1. The summed E-state index contributed by atoms with van der Waals surface area (Å²) in [5.74, 6) is 0.959. The van der Waals surface area contributed by atoms with Crippen LogP contribution in [0.2, 0.25) is 0 Å². The fourth-order valence-electron chi connectivity index (χ4n) is 5.10. The maximum atomic E-state index is 13.0. The summed E-state index contributed by atoms with van der Waals surface area (Å²) in [4.78, 5) is 30.2. The van der Waals surface area contributed by atoms with Crippen LogP contribution in [0.1, 0.15) is 26.2 Å². The average Bonchev–Trinajstić information content (AvgIpc) is 3.43. The van der Waals surface area contributed by atoms with Crippen LogP contribution in [0.25, 0.3) is 22.2 Å². The predicted molar refractivity (Wildman–Crippen MR) is 150 cm³/mol. The van der Waals surface area contributed by atoms with E-state index < -0.39 is 11.6 Å². The Morgan fingerprint density at radius 3 is 2.53 bits per heavy atom. The smallest absolute Gasteiger partial charge is 0.331 e. The van der Waals surface area contributed by atoms with Crippen molar-refractivity contribution in [1.29, 1.82) is 0 Å². The van der Waals surface area contributed by atoms with E-state index >= 15 is 0 Å². The normalized spacial score (nSPS) is 23.5. The zero-order valence-corrected chi connectivity index (χ0v) is 23.2. The van der Waals surface area contributed by atoms with E-state index in [4.69, 9.17) is 19.2 Å². The molecule has 2 N–H and O–H groups in total. The fourth-order valence-corrected chi connectivity index (χ4v) is 5.10. The van der Waals surface area contributed by atoms with Gasteiger partial charge in [0.1, 0.15) is 23.1 Å². The number of carbonyl (C=O) groups is 2. The van der Waals surface area contributed by atoms with Gasteiger partial charge < -0.3 is 24.8 Å². The van der Waals surface area contributed by atoms with Crippen LogP contribution >= 0.6 is 24.8 Å². The molecular formula is C28H33Cl2N3O5. The van der Waals surface area contributed by atoms with Crippen LogP contribution < -0.4 is 20.1 Å². The monoisotopic (exact) mass is 561 g/mol. The molecule has 2 aliphatic rings. The fraction of sp³-hybridized carbons (Fsp3) is 0.393. The molecule has 1 aliphatic heterocycles. The topological polar surface area (TPSA) is 98.8 Å². The lowest BCUT2D eigenvalue weighted by molar-refractivity contribution is -0.147. The number of halogens is 2. The van der Waals surface area contributed by atoms with Crippen molar-refractivity contribution in [2.24, 2.45) is 5.92 Å². The Hall–Kier alpha value is -3.07. The first-order valence-corrected chi connectivity index (χ1v) is 12.3. The molecule has 1 amide bonds. The van der Waals surface area contributed by atoms with E-state index in [1.165, 1.54) is 7.11 Å². The molecule has 38 heavy (non-hydrogen) atoms. The lowest BCUT2D eigenvalue weighted by Crippen LogP contribution is -2.51. The van der Waals surface area contributed by atoms with Crippen molar-refractivity contribution < 1.29 is 23.8 Å². The summed E-state index contributed by atoms with van der Waals surface area (Å²) in [5.41, 5.74) is 1.65. The van der Waals surface area contributed by atoms with Crippen molar-refractivity contribution in [3.8, 4) is 22.8 Å². The molecule has 10 heteroatoms. The van der Waals surface area contributed by atoms with E-state index in [1.807, 2.05) is 61.5 Å². The summed E-state index contributed by atoms with van der Waals surface area (Å²) in [5, 5.41) is 7.09. The number of hydrogen-bond donors (Lipinski definition) is 2. The first kappa shape index (κ1) is 29.5. The maximum absolute atomic E-state index is 13.0. The first-order valence-electron chi connectivity index (χ1n) is 12.3. The van der Waals surface area contributed by atoms with Crippen LogP contribution in [0.3, 0.4) is 0 Å². The van der Waals surface area contributed by atoms with Crippen LogP contribution in [-0.2, 0) is 14.3 Å². The van der Waals surface area contributed by atoms with E-state index in [0.29, 0.717) is 25.1 Å². The molecule has 3 aromatic rings. The quantitative estimate of drug-likeness (QED) is 0.395. The van der Waals surface area contributed by atoms with Crippen LogP contribution in [0.15, 0.2) is 54.6 Å². The number of hydrogen-bond acceptors (Lipinski definition) is 7. The Morgan fingerprint density at radius 1 is 1.11 bits per heavy atom. The van der Waals surface area contributed by atoms with Gasteiger partial charge in [0, 0.05) is 36.0 Å². The average molecular weight is 562 g/mol. The Balaban J connectivity index is 0.00000200. The number of ether oxygens (including phenoxy) is 3. The van der Waals surface area contributed by atoms with Gasteiger partial charge in [-0.05, 0) is 24.5 Å². The highest BCUT2D eigenvalue weighted by Gasteiger charge is 2.61. The second kappa shape index (κ2) is 12.2. The zero-order valence-electron chi connectivity index (χ0n) is 21.6. The summed E-state index contributed by atoms with van der Waals surface area (Å²) >= 11 is 0. The molecule has 4 unspecified atom stereocenters. The van der Waals surface area contributed by atoms with E-state index in [9.17, 15) is 9.59 Å². The van der Waals surface area contributed by atoms with Crippen LogP contribution in [0, 0.1) is 5.92 Å². The number of amides is 1. The van der Waals surface area contributed by atoms with Gasteiger partial charge in [0.25, 0.3) is 0 Å². The molecule has 1 saturated carbocycles. The van der Waals surface area contributed by atoms with E-state index in [1.54, 1.807) is 7.11 Å². The molecule has 1 aromatic heterocycles. The Labute approximate surface area is 234 Å². The molecule has 2 fully saturated rings. The Morgan fingerprint density at radius 2 is 1.87 bits per heavy atom. The van der Waals surface area contributed by atoms with Gasteiger partial charge in [0.15, 0.2) is 0 Å². The largest absolute Gasteiger partial charge is 0.497 e. The highest BCUT2D eigenvalue weighted by Crippen LogP contribution is 2.46. The van der Waals surface area contributed by atoms with Gasteiger partial charge >= 0.3 is 5.97 Å². The van der Waals surface area contributed by atoms with Crippen molar-refractivity contribution in [1.82, 2.24) is 15.6 Å². The molecule has 0 spiro atoms. The number of nitrogens with one attached hydrogen (secondary N) is 2. The molecule has 1 saturated heterocycles. The van der Waals surface area contributed by atoms with Crippen LogP contribution in [-0.4, -0.2) is 55.3 Å². The van der Waals surface area contributed by atoms with Gasteiger partial charge in [-0.15, -0.1) is 24.8 Å². The number of carbonyl (C=O) groups excluding carboxylic acids is 2. The summed E-state index contributed by atoms with van der Waals surface area (Å²) in [6, 6.07) is 17.1. The van der Waals surface area contributed by atoms with E-state index in [2.05, 4.69) is 10.6 Å². The molecular weight excluding hydrogens is 529 g/mol. The highest BCUT2D eigenvalue weighted by molar-refractivity contribution is 5.93. The summed E-state index contributed by atoms with van der Waals surface area (Å²) in [7, 11) is 2.99. The number of methoxy groups -OCH3 is 2. The second-order valence-electron chi connectivity index (χ2n) is 9.45. The SMILES string of the molecule is CCC1CC1(NC(=O)C1CC(Oc2cc(-c3ccccc3)nc3cc(OC)ccc23)CN1)C(=O)OC.Cl.Cl. The summed E-state index contributed by atoms with van der Waals surface area (Å²) in [6.45, 7) is 2.53. The van der Waals surface area contributed by atoms with E-state index in [0.717, 1.165) is 34.3 Å². The molecule has 5 rings (SSSR count). The summed E-state index contributed by atoms with van der Waals surface area (Å²) < 4.78 is 16.8. The van der Waals surface area contributed by atoms with Gasteiger partial charge in [-0.3, -0.25) is 4.79 Å². The third kappa shape index (κ3) is 5.67. The van der Waals surface area contributed by atoms with Crippen molar-refractivity contribution in [3.05, 3.63) is 54.6 Å². The molecule has 2 heterocycles. The standard InChI is InChI=1S/C28H31N3O5.2ClH/c1-4-18-15-28(18,27(33)35-3)31-26(32)24-13-20(16-29-24)36-25-14-22(17-8-6-5-7-9-17)30-23-12-19(34-2)10-11-21(23)25;;/h5-12,14,18,20,24,29H,4,13,15-16H2,1-3H3,(H,31,32);2*1H. The highest BCUT2D eigenvalue weighted by atomic mass is 35.5. The number of pyridine rings is 1. The minimum absolute atomic E-state index is 0. The number of nitrogens with zero attached hydrogens (tertiary/aromatic N) is 1. The van der Waals surface area contributed by atoms with Crippen molar-refractivity contribution >= 4 is 47.6 Å². The third-order valence-electron chi connectivity index (χ3n) is 7.24. The van der Waals surface area contributed by atoms with Gasteiger partial charge in [-0.2, -0.15) is 0 Å². The van der Waals surface area contributed by atoms with Crippen LogP contribution in [0.5, 0.6) is 11.5 Å². The van der Waals surface area contributed by atoms with Crippen molar-refractivity contribution in [3.63, 3.8) is 0 Å². The van der Waals surface area contributed by atoms with E-state index in [-0.39, 0.29) is 48.7 Å². The third-order valence-corrected chi connectivity index (χ3v) is 7.24. The van der Waals surface area contributed by atoms with Gasteiger partial charge in [0.05, 0.1) is 31.5 Å². The van der Waals surface area contributed by atoms with Gasteiger partial charge in [-0.25, -0.2) is 9.78 Å². The molecule has 204 valence electrons. The molecule has 2 aromatic carbocycles. The Kier molecular flexibility index (Phi) is 9.46. The first-order chi connectivity index (χ1) is 17.5. The molecule has 0 bridgehead atoms. The summed E-state index contributed by atoms with van der Waals surface area (Å²) in [6.07, 6.45) is 1.69. The predicted octanol–water partition coefficient (Wildman–Crippen LogP) is 4.32. The minimum Gasteiger partial charge on any atom is -0.497 e. The number of esters is 1. The van der Waals surface area contributed by atoms with Crippen molar-refractivity contribution in [2.45, 2.75) is 43.9 Å². The molecule has 4 atom stereocenters. The minimum atomic E-state index is -0.897. The molecule has 1 aliphatic carbocycles. The van der Waals surface area contributed by atoms with Gasteiger partial charge in [0.2, 0.25) is 5.91 Å². The zero-order chi connectivity index (χ0) is 25.3.